The van der Waals surface area contributed by atoms with Crippen molar-refractivity contribution in [2.75, 3.05) is 7.05 Å². The van der Waals surface area contributed by atoms with E-state index in [1.165, 1.54) is 0 Å². The molecule has 5 heteroatoms. The van der Waals surface area contributed by atoms with Gasteiger partial charge in [0.1, 0.15) is 0 Å². The molecular weight excluding hydrogens is 192 g/mol. The summed E-state index contributed by atoms with van der Waals surface area (Å²) in [7, 11) is 1.91. The van der Waals surface area contributed by atoms with Crippen molar-refractivity contribution < 1.29 is 4.52 Å². The lowest BCUT2D eigenvalue weighted by Gasteiger charge is -2.04. The highest BCUT2D eigenvalue weighted by molar-refractivity contribution is 5.47. The van der Waals surface area contributed by atoms with Crippen LogP contribution in [0.1, 0.15) is 12.8 Å². The number of hydrogen-bond acceptors (Lipinski definition) is 4. The molecule has 0 amide bonds. The Morgan fingerprint density at radius 3 is 3.13 bits per heavy atom. The summed E-state index contributed by atoms with van der Waals surface area (Å²) in [5.41, 5.74) is 0.877. The number of nitrogens with zero attached hydrogens (tertiary/aromatic N) is 2. The molecule has 0 aliphatic heterocycles. The molecule has 2 aromatic rings. The highest BCUT2D eigenvalue weighted by atomic mass is 16.5. The molecule has 2 rings (SSSR count). The first-order valence-electron chi connectivity index (χ1n) is 4.93. The molecule has 5 nitrogen and oxygen atoms in total. The van der Waals surface area contributed by atoms with Gasteiger partial charge in [0.05, 0.1) is 5.69 Å². The number of likely N-dealkylation sites (N-methyl/N-ethyl adjacent to an activating group) is 1. The zero-order chi connectivity index (χ0) is 10.7. The first-order valence-corrected chi connectivity index (χ1v) is 4.93. The zero-order valence-corrected chi connectivity index (χ0v) is 8.82. The Hall–Kier alpha value is -1.62. The minimum atomic E-state index is 0.335. The topological polar surface area (TPSA) is 66.7 Å². The van der Waals surface area contributed by atoms with E-state index < -0.39 is 0 Å². The van der Waals surface area contributed by atoms with E-state index in [0.717, 1.165) is 12.1 Å². The quantitative estimate of drug-likeness (QED) is 0.789. The van der Waals surface area contributed by atoms with E-state index >= 15 is 0 Å². The van der Waals surface area contributed by atoms with Crippen LogP contribution in [0.3, 0.4) is 0 Å². The average Bonchev–Trinajstić information content (AvgIpc) is 2.85. The van der Waals surface area contributed by atoms with Crippen molar-refractivity contribution in [1.82, 2.24) is 20.4 Å². The van der Waals surface area contributed by atoms with Gasteiger partial charge in [0.25, 0.3) is 0 Å². The molecule has 0 aromatic carbocycles. The maximum Gasteiger partial charge on any atom is 0.228 e. The lowest BCUT2D eigenvalue weighted by Crippen LogP contribution is -2.23. The summed E-state index contributed by atoms with van der Waals surface area (Å²) in [6.45, 7) is 2.07. The van der Waals surface area contributed by atoms with E-state index in [-0.39, 0.29) is 0 Å². The summed E-state index contributed by atoms with van der Waals surface area (Å²) in [6, 6.07) is 4.15. The highest BCUT2D eigenvalue weighted by Crippen LogP contribution is 2.13. The molecule has 2 aromatic heterocycles. The first-order chi connectivity index (χ1) is 7.29. The van der Waals surface area contributed by atoms with E-state index in [4.69, 9.17) is 4.52 Å². The van der Waals surface area contributed by atoms with Crippen molar-refractivity contribution in [3.05, 3.63) is 24.2 Å². The zero-order valence-electron chi connectivity index (χ0n) is 8.82. The van der Waals surface area contributed by atoms with Crippen LogP contribution < -0.4 is 5.32 Å². The van der Waals surface area contributed by atoms with Crippen LogP contribution in [0.25, 0.3) is 11.5 Å². The second kappa shape index (κ2) is 4.27. The van der Waals surface area contributed by atoms with Crippen LogP contribution in [-0.4, -0.2) is 28.2 Å². The van der Waals surface area contributed by atoms with Crippen molar-refractivity contribution in [3.8, 4) is 11.5 Å². The van der Waals surface area contributed by atoms with Crippen LogP contribution in [-0.2, 0) is 6.42 Å². The fourth-order valence-electron chi connectivity index (χ4n) is 1.28. The maximum atomic E-state index is 5.14. The van der Waals surface area contributed by atoms with Gasteiger partial charge in [-0.05, 0) is 26.1 Å². The molecule has 0 fully saturated rings. The largest absolute Gasteiger partial charge is 0.359 e. The third-order valence-corrected chi connectivity index (χ3v) is 2.28. The Balaban J connectivity index is 2.11. The van der Waals surface area contributed by atoms with Crippen molar-refractivity contribution in [3.63, 3.8) is 0 Å². The molecule has 0 saturated heterocycles. The van der Waals surface area contributed by atoms with E-state index in [1.54, 1.807) is 0 Å². The summed E-state index contributed by atoms with van der Waals surface area (Å²) in [6.07, 6.45) is 2.58. The van der Waals surface area contributed by atoms with Crippen LogP contribution in [0.5, 0.6) is 0 Å². The second-order valence-electron chi connectivity index (χ2n) is 3.49. The predicted molar refractivity (Wildman–Crippen MR) is 56.3 cm³/mol. The van der Waals surface area contributed by atoms with E-state index in [9.17, 15) is 0 Å². The van der Waals surface area contributed by atoms with Gasteiger partial charge in [0, 0.05) is 18.7 Å². The smallest absolute Gasteiger partial charge is 0.228 e. The molecule has 2 N–H and O–H groups in total. The van der Waals surface area contributed by atoms with Gasteiger partial charge < -0.3 is 14.8 Å². The number of hydrogen-bond donors (Lipinski definition) is 2. The van der Waals surface area contributed by atoms with Crippen molar-refractivity contribution >= 4 is 0 Å². The molecule has 0 radical (unpaired) electrons. The Bertz CT molecular complexity index is 407. The lowest BCUT2D eigenvalue weighted by atomic mass is 10.2. The molecule has 0 spiro atoms. The highest BCUT2D eigenvalue weighted by Gasteiger charge is 2.10. The SMILES string of the molecule is CNC(C)Cc1nc(-c2ccc[nH]2)no1. The molecule has 0 saturated carbocycles. The lowest BCUT2D eigenvalue weighted by molar-refractivity contribution is 0.365. The van der Waals surface area contributed by atoms with Gasteiger partial charge in [0.15, 0.2) is 0 Å². The van der Waals surface area contributed by atoms with Crippen LogP contribution in [0.15, 0.2) is 22.9 Å². The number of aromatic nitrogens is 3. The second-order valence-corrected chi connectivity index (χ2v) is 3.49. The fourth-order valence-corrected chi connectivity index (χ4v) is 1.28. The Labute approximate surface area is 87.9 Å². The van der Waals surface area contributed by atoms with E-state index in [2.05, 4.69) is 27.4 Å². The van der Waals surface area contributed by atoms with Gasteiger partial charge >= 0.3 is 0 Å². The average molecular weight is 206 g/mol. The molecule has 2 heterocycles. The van der Waals surface area contributed by atoms with Gasteiger partial charge in [-0.15, -0.1) is 0 Å². The summed E-state index contributed by atoms with van der Waals surface area (Å²) in [5, 5.41) is 7.02. The third kappa shape index (κ3) is 2.24. The van der Waals surface area contributed by atoms with Crippen LogP contribution in [0.2, 0.25) is 0 Å². The molecule has 1 unspecified atom stereocenters. The fraction of sp³-hybridized carbons (Fsp3) is 0.400. The van der Waals surface area contributed by atoms with Crippen LogP contribution in [0, 0.1) is 0 Å². The molecule has 0 aliphatic carbocycles. The van der Waals surface area contributed by atoms with E-state index in [1.807, 2.05) is 25.4 Å². The van der Waals surface area contributed by atoms with Gasteiger partial charge in [-0.1, -0.05) is 5.16 Å². The maximum absolute atomic E-state index is 5.14. The first kappa shape index (κ1) is 9.92. The molecule has 1 atom stereocenters. The van der Waals surface area contributed by atoms with Gasteiger partial charge in [0.2, 0.25) is 11.7 Å². The van der Waals surface area contributed by atoms with Gasteiger partial charge in [-0.3, -0.25) is 0 Å². The monoisotopic (exact) mass is 206 g/mol. The Kier molecular flexibility index (Phi) is 2.82. The van der Waals surface area contributed by atoms with Gasteiger partial charge in [-0.25, -0.2) is 0 Å². The standard InChI is InChI=1S/C10H14N4O/c1-7(11-2)6-9-13-10(14-15-9)8-4-3-5-12-8/h3-5,7,11-12H,6H2,1-2H3. The molecule has 0 aliphatic rings. The normalized spacial score (nSPS) is 12.9. The molecule has 0 bridgehead atoms. The Morgan fingerprint density at radius 1 is 1.60 bits per heavy atom. The molecular formula is C10H14N4O. The summed E-state index contributed by atoms with van der Waals surface area (Å²) < 4.78 is 5.14. The van der Waals surface area contributed by atoms with Crippen molar-refractivity contribution in [1.29, 1.82) is 0 Å². The summed E-state index contributed by atoms with van der Waals surface area (Å²) in [5.74, 6) is 1.26. The van der Waals surface area contributed by atoms with Crippen molar-refractivity contribution in [2.45, 2.75) is 19.4 Å². The predicted octanol–water partition coefficient (Wildman–Crippen LogP) is 1.22. The number of nitrogens with one attached hydrogen (secondary N) is 2. The number of aromatic amines is 1. The van der Waals surface area contributed by atoms with Crippen LogP contribution in [0.4, 0.5) is 0 Å². The minimum Gasteiger partial charge on any atom is -0.359 e. The summed E-state index contributed by atoms with van der Waals surface area (Å²) in [4.78, 5) is 7.33. The minimum absolute atomic E-state index is 0.335. The van der Waals surface area contributed by atoms with Gasteiger partial charge in [-0.2, -0.15) is 4.98 Å². The molecule has 15 heavy (non-hydrogen) atoms. The van der Waals surface area contributed by atoms with E-state index in [0.29, 0.717) is 17.8 Å². The summed E-state index contributed by atoms with van der Waals surface area (Å²) >= 11 is 0. The Morgan fingerprint density at radius 2 is 2.47 bits per heavy atom. The number of rotatable bonds is 4. The third-order valence-electron chi connectivity index (χ3n) is 2.28. The molecule has 80 valence electrons. The van der Waals surface area contributed by atoms with Crippen molar-refractivity contribution in [2.24, 2.45) is 0 Å². The number of H-pyrrole nitrogens is 1. The van der Waals surface area contributed by atoms with Crippen LogP contribution >= 0.6 is 0 Å².